The van der Waals surface area contributed by atoms with Crippen LogP contribution >= 0.6 is 0 Å². The van der Waals surface area contributed by atoms with E-state index in [1.165, 1.54) is 12.1 Å². The molecule has 3 heterocycles. The number of carbonyl (C=O) groups is 2. The van der Waals surface area contributed by atoms with Crippen molar-refractivity contribution in [2.24, 2.45) is 11.8 Å². The third kappa shape index (κ3) is 5.91. The van der Waals surface area contributed by atoms with E-state index in [1.54, 1.807) is 18.1 Å². The zero-order valence-electron chi connectivity index (χ0n) is 27.9. The summed E-state index contributed by atoms with van der Waals surface area (Å²) in [5, 5.41) is 29.6. The van der Waals surface area contributed by atoms with Crippen LogP contribution in [0.1, 0.15) is 37.3 Å². The smallest absolute Gasteiger partial charge is 0.269 e. The van der Waals surface area contributed by atoms with E-state index < -0.39 is 24.7 Å². The molecule has 3 aliphatic heterocycles. The van der Waals surface area contributed by atoms with Gasteiger partial charge in [-0.05, 0) is 67.2 Å². The number of benzene rings is 3. The van der Waals surface area contributed by atoms with Crippen LogP contribution in [0.3, 0.4) is 0 Å². The van der Waals surface area contributed by atoms with E-state index >= 15 is 0 Å². The molecule has 5 atom stereocenters. The number of nitro benzene ring substituents is 1. The summed E-state index contributed by atoms with van der Waals surface area (Å²) in [5.41, 5.74) is 0.935. The van der Waals surface area contributed by atoms with Gasteiger partial charge in [-0.3, -0.25) is 19.7 Å². The Morgan fingerprint density at radius 3 is 2.52 bits per heavy atom. The molecule has 48 heavy (non-hydrogen) atoms. The maximum atomic E-state index is 14.8. The second kappa shape index (κ2) is 13.4. The van der Waals surface area contributed by atoms with Crippen molar-refractivity contribution in [2.45, 2.75) is 63.1 Å². The molecule has 1 unspecified atom stereocenters. The molecule has 3 aromatic carbocycles. The normalized spacial score (nSPS) is 25.3. The van der Waals surface area contributed by atoms with Crippen molar-refractivity contribution < 1.29 is 29.1 Å². The third-order valence-corrected chi connectivity index (χ3v) is 15.0. The SMILES string of the molecule is COc1ccc([Si](C)(C)[C@@H]2[C@@H](CCO)O[C@]3(C(=O)N(Cc4ccc(NC(=O)C5CCCNC5)cc4)c4ccc([N+](=O)[O-])cc43)[C@H]2C)cc1. The highest BCUT2D eigenvalue weighted by molar-refractivity contribution is 6.91. The molecule has 2 fully saturated rings. The van der Waals surface area contributed by atoms with Gasteiger partial charge in [-0.2, -0.15) is 0 Å². The number of anilines is 2. The molecule has 0 aliphatic carbocycles. The Kier molecular flexibility index (Phi) is 9.45. The molecular weight excluding hydrogens is 629 g/mol. The summed E-state index contributed by atoms with van der Waals surface area (Å²) >= 11 is 0. The molecule has 11 nitrogen and oxygen atoms in total. The molecule has 12 heteroatoms. The summed E-state index contributed by atoms with van der Waals surface area (Å²) in [6, 6.07) is 20.0. The molecular formula is C36H44N4O7Si. The van der Waals surface area contributed by atoms with Gasteiger partial charge in [0.2, 0.25) is 5.91 Å². The van der Waals surface area contributed by atoms with Crippen LogP contribution in [0.15, 0.2) is 66.7 Å². The fourth-order valence-corrected chi connectivity index (χ4v) is 12.2. The molecule has 0 saturated carbocycles. The number of ether oxygens (including phenoxy) is 2. The molecule has 254 valence electrons. The van der Waals surface area contributed by atoms with E-state index in [0.29, 0.717) is 29.9 Å². The monoisotopic (exact) mass is 672 g/mol. The highest BCUT2D eigenvalue weighted by Crippen LogP contribution is 2.60. The predicted octanol–water partition coefficient (Wildman–Crippen LogP) is 4.69. The Labute approximate surface area is 281 Å². The molecule has 3 aromatic rings. The van der Waals surface area contributed by atoms with Crippen molar-refractivity contribution in [1.29, 1.82) is 0 Å². The van der Waals surface area contributed by atoms with Crippen molar-refractivity contribution in [3.8, 4) is 5.75 Å². The zero-order valence-corrected chi connectivity index (χ0v) is 28.9. The Morgan fingerprint density at radius 2 is 1.90 bits per heavy atom. The van der Waals surface area contributed by atoms with Crippen molar-refractivity contribution in [2.75, 3.05) is 37.0 Å². The number of aliphatic hydroxyl groups is 1. The van der Waals surface area contributed by atoms with Crippen molar-refractivity contribution in [3.05, 3.63) is 88.0 Å². The van der Waals surface area contributed by atoms with Gasteiger partial charge in [0.05, 0.1) is 44.4 Å². The van der Waals surface area contributed by atoms with E-state index in [1.807, 2.05) is 43.3 Å². The van der Waals surface area contributed by atoms with Crippen molar-refractivity contribution >= 4 is 42.1 Å². The highest BCUT2D eigenvalue weighted by Gasteiger charge is 2.66. The van der Waals surface area contributed by atoms with Crippen molar-refractivity contribution in [1.82, 2.24) is 5.32 Å². The summed E-state index contributed by atoms with van der Waals surface area (Å²) in [4.78, 5) is 40.8. The first kappa shape index (κ1) is 33.8. The van der Waals surface area contributed by atoms with Gasteiger partial charge in [-0.1, -0.05) is 49.5 Å². The topological polar surface area (TPSA) is 143 Å². The molecule has 2 amide bonds. The lowest BCUT2D eigenvalue weighted by atomic mass is 9.82. The highest BCUT2D eigenvalue weighted by atomic mass is 28.3. The number of rotatable bonds is 10. The second-order valence-corrected chi connectivity index (χ2v) is 18.4. The van der Waals surface area contributed by atoms with Crippen LogP contribution in [0, 0.1) is 22.0 Å². The number of non-ortho nitro benzene ring substituents is 1. The molecule has 0 radical (unpaired) electrons. The van der Waals surface area contributed by atoms with Gasteiger partial charge in [0.25, 0.3) is 11.6 Å². The predicted molar refractivity (Wildman–Crippen MR) is 186 cm³/mol. The molecule has 0 bridgehead atoms. The number of fused-ring (bicyclic) bond motifs is 2. The van der Waals surface area contributed by atoms with Crippen LogP contribution < -0.4 is 25.5 Å². The second-order valence-electron chi connectivity index (χ2n) is 13.7. The summed E-state index contributed by atoms with van der Waals surface area (Å²) in [6.07, 6.45) is 1.73. The number of nitrogens with zero attached hydrogens (tertiary/aromatic N) is 2. The Morgan fingerprint density at radius 1 is 1.17 bits per heavy atom. The molecule has 3 aliphatic rings. The molecule has 3 N–H and O–H groups in total. The Balaban J connectivity index is 1.33. The van der Waals surface area contributed by atoms with Crippen molar-refractivity contribution in [3.63, 3.8) is 0 Å². The molecule has 2 saturated heterocycles. The van der Waals surface area contributed by atoms with Gasteiger partial charge in [0.1, 0.15) is 5.75 Å². The minimum atomic E-state index is -2.39. The van der Waals surface area contributed by atoms with E-state index in [2.05, 4.69) is 35.9 Å². The number of amides is 2. The van der Waals surface area contributed by atoms with Gasteiger partial charge in [0, 0.05) is 42.5 Å². The average Bonchev–Trinajstić information content (AvgIpc) is 3.52. The number of hydrogen-bond donors (Lipinski definition) is 3. The average molecular weight is 673 g/mol. The number of hydrogen-bond acceptors (Lipinski definition) is 8. The Hall–Kier alpha value is -4.10. The molecule has 0 aromatic heterocycles. The number of aliphatic hydroxyl groups excluding tert-OH is 1. The standard InChI is InChI=1S/C36H44N4O7Si/c1-23-33(48(3,4)29-14-12-28(46-2)13-15-29)32(17-19-41)47-36(23)30-20-27(40(44)45)11-16-31(30)39(35(36)43)22-24-7-9-26(10-8-24)38-34(42)25-6-5-18-37-21-25/h7-16,20,23,25,32-33,37,41H,5-6,17-19,21-22H2,1-4H3,(H,38,42)/t23-,25?,32+,33-,36+/m0/s1. The zero-order chi connectivity index (χ0) is 34.2. The lowest BCUT2D eigenvalue weighted by Crippen LogP contribution is -2.51. The maximum Gasteiger partial charge on any atom is 0.269 e. The Bertz CT molecular complexity index is 1680. The fourth-order valence-electron chi connectivity index (χ4n) is 8.17. The van der Waals surface area contributed by atoms with Crippen LogP contribution in [-0.4, -0.2) is 62.8 Å². The van der Waals surface area contributed by atoms with Gasteiger partial charge in [-0.15, -0.1) is 0 Å². The van der Waals surface area contributed by atoms with Crippen LogP contribution in [0.4, 0.5) is 17.1 Å². The summed E-state index contributed by atoms with van der Waals surface area (Å²) in [7, 11) is -0.762. The van der Waals surface area contributed by atoms with Gasteiger partial charge in [0.15, 0.2) is 5.60 Å². The summed E-state index contributed by atoms with van der Waals surface area (Å²) < 4.78 is 12.3. The number of methoxy groups -OCH3 is 1. The van der Waals surface area contributed by atoms with Crippen LogP contribution in [0.5, 0.6) is 5.75 Å². The first-order valence-electron chi connectivity index (χ1n) is 16.7. The first-order chi connectivity index (χ1) is 23.0. The fraction of sp³-hybridized carbons (Fsp3) is 0.444. The lowest BCUT2D eigenvalue weighted by molar-refractivity contribution is -0.385. The van der Waals surface area contributed by atoms with E-state index in [0.717, 1.165) is 35.9 Å². The first-order valence-corrected chi connectivity index (χ1v) is 19.7. The van der Waals surface area contributed by atoms with Crippen LogP contribution in [0.2, 0.25) is 18.6 Å². The molecule has 1 spiro atoms. The molecule has 6 rings (SSSR count). The van der Waals surface area contributed by atoms with Gasteiger partial charge in [-0.25, -0.2) is 0 Å². The minimum absolute atomic E-state index is 0.0115. The summed E-state index contributed by atoms with van der Waals surface area (Å²) in [5.74, 6) is 0.0627. The van der Waals surface area contributed by atoms with E-state index in [-0.39, 0.29) is 48.0 Å². The van der Waals surface area contributed by atoms with E-state index in [4.69, 9.17) is 9.47 Å². The lowest BCUT2D eigenvalue weighted by Gasteiger charge is -2.37. The third-order valence-electron chi connectivity index (χ3n) is 10.7. The number of piperidine rings is 1. The largest absolute Gasteiger partial charge is 0.497 e. The minimum Gasteiger partial charge on any atom is -0.497 e. The number of carbonyl (C=O) groups excluding carboxylic acids is 2. The van der Waals surface area contributed by atoms with Crippen LogP contribution in [0.25, 0.3) is 0 Å². The number of nitrogens with one attached hydrogen (secondary N) is 2. The van der Waals surface area contributed by atoms with E-state index in [9.17, 15) is 24.8 Å². The summed E-state index contributed by atoms with van der Waals surface area (Å²) in [6.45, 7) is 8.22. The van der Waals surface area contributed by atoms with Gasteiger partial charge >= 0.3 is 0 Å². The van der Waals surface area contributed by atoms with Gasteiger partial charge < -0.3 is 30.1 Å². The van der Waals surface area contributed by atoms with Crippen LogP contribution in [-0.2, 0) is 26.5 Å². The maximum absolute atomic E-state index is 14.8. The number of nitro groups is 1. The quantitative estimate of drug-likeness (QED) is 0.160.